The van der Waals surface area contributed by atoms with Gasteiger partial charge < -0.3 is 0 Å². The fraction of sp³-hybridized carbons (Fsp3) is 0.133. The summed E-state index contributed by atoms with van der Waals surface area (Å²) in [7, 11) is 0. The number of aromatic nitrogens is 1. The van der Waals surface area contributed by atoms with Crippen LogP contribution in [0.15, 0.2) is 124 Å². The van der Waals surface area contributed by atoms with Crippen LogP contribution in [-0.2, 0) is 6.54 Å². The summed E-state index contributed by atoms with van der Waals surface area (Å²) in [6, 6.07) is 8.58. The van der Waals surface area contributed by atoms with E-state index in [0.29, 0.717) is 18.4 Å². The van der Waals surface area contributed by atoms with Crippen LogP contribution in [0.2, 0.25) is 0 Å². The van der Waals surface area contributed by atoms with Gasteiger partial charge in [0, 0.05) is 35.2 Å². The molecule has 2 atom stereocenters. The van der Waals surface area contributed by atoms with Gasteiger partial charge in [0.25, 0.3) is 0 Å². The van der Waals surface area contributed by atoms with Gasteiger partial charge in [0.2, 0.25) is 0 Å². The highest BCUT2D eigenvalue weighted by atomic mass is 14.7. The summed E-state index contributed by atoms with van der Waals surface area (Å²) in [5.74, 6) is 0.788. The van der Waals surface area contributed by atoms with Crippen LogP contribution < -0.4 is 0 Å². The van der Waals surface area contributed by atoms with E-state index in [9.17, 15) is 0 Å². The minimum Gasteiger partial charge on any atom is -0.288 e. The first kappa shape index (κ1) is 17.9. The monoisotopic (exact) mass is 410 g/mol. The summed E-state index contributed by atoms with van der Waals surface area (Å²) in [5, 5.41) is 1.17. The predicted molar refractivity (Wildman–Crippen MR) is 132 cm³/mol. The molecule has 1 aromatic carbocycles. The summed E-state index contributed by atoms with van der Waals surface area (Å²) in [6.45, 7) is 2.89. The Bertz CT molecular complexity index is 1490. The van der Waals surface area contributed by atoms with Gasteiger partial charge in [0.1, 0.15) is 0 Å². The molecule has 1 aromatic heterocycles. The number of rotatable bonds is 1. The molecule has 1 aliphatic heterocycles. The number of allylic oxidation sites excluding steroid dienone is 16. The Hall–Kier alpha value is -3.78. The molecule has 2 heteroatoms. The highest BCUT2D eigenvalue weighted by Gasteiger charge is 2.40. The zero-order valence-corrected chi connectivity index (χ0v) is 17.9. The highest BCUT2D eigenvalue weighted by Crippen LogP contribution is 2.53. The van der Waals surface area contributed by atoms with Crippen molar-refractivity contribution in [2.24, 2.45) is 16.8 Å². The molecule has 32 heavy (non-hydrogen) atoms. The quantitative estimate of drug-likeness (QED) is 0.518. The molecule has 7 rings (SSSR count). The lowest BCUT2D eigenvalue weighted by Gasteiger charge is -2.42. The van der Waals surface area contributed by atoms with E-state index in [2.05, 4.69) is 84.8 Å². The first-order valence-electron chi connectivity index (χ1n) is 11.3. The van der Waals surface area contributed by atoms with E-state index in [1.54, 1.807) is 0 Å². The lowest BCUT2D eigenvalue weighted by atomic mass is 9.61. The van der Waals surface area contributed by atoms with Crippen molar-refractivity contribution in [3.63, 3.8) is 0 Å². The third kappa shape index (κ3) is 2.41. The largest absolute Gasteiger partial charge is 0.288 e. The van der Waals surface area contributed by atoms with Gasteiger partial charge in [-0.3, -0.25) is 9.98 Å². The summed E-state index contributed by atoms with van der Waals surface area (Å²) >= 11 is 0. The van der Waals surface area contributed by atoms with Crippen molar-refractivity contribution < 1.29 is 0 Å². The number of pyridine rings is 1. The number of hydrogen-bond acceptors (Lipinski definition) is 2. The van der Waals surface area contributed by atoms with E-state index < -0.39 is 0 Å². The maximum Gasteiger partial charge on any atom is 0.0758 e. The Labute approximate surface area is 187 Å². The molecule has 2 heterocycles. The summed E-state index contributed by atoms with van der Waals surface area (Å²) in [5.41, 5.74) is 13.1. The van der Waals surface area contributed by atoms with Crippen LogP contribution in [0.3, 0.4) is 0 Å². The van der Waals surface area contributed by atoms with Crippen LogP contribution in [0.5, 0.6) is 0 Å². The van der Waals surface area contributed by atoms with Crippen LogP contribution in [0.4, 0.5) is 0 Å². The number of hydrogen-bond donors (Lipinski definition) is 0. The maximum atomic E-state index is 4.71. The Balaban J connectivity index is 1.44. The van der Waals surface area contributed by atoms with Crippen molar-refractivity contribution in [3.05, 3.63) is 130 Å². The number of nitrogens with zero attached hydrogens (tertiary/aromatic N) is 2. The fourth-order valence-electron chi connectivity index (χ4n) is 5.89. The smallest absolute Gasteiger partial charge is 0.0758 e. The van der Waals surface area contributed by atoms with Crippen LogP contribution in [0.25, 0.3) is 16.5 Å². The standard InChI is InChI=1S/C30H22N2/c1-18-4-5-19-8-13-26-23(11-7-20-6-10-22(18)28(19)29(20)26)25-14-16-31-17-27-24(25)12-9-21-3-2-15-32-30(21)27/h2-16,28-29H,17H2,1H3. The van der Waals surface area contributed by atoms with E-state index in [4.69, 9.17) is 4.98 Å². The molecule has 4 aliphatic carbocycles. The summed E-state index contributed by atoms with van der Waals surface area (Å²) < 4.78 is 0. The molecule has 2 unspecified atom stereocenters. The molecule has 0 saturated carbocycles. The lowest BCUT2D eigenvalue weighted by molar-refractivity contribution is 0.557. The van der Waals surface area contributed by atoms with Crippen molar-refractivity contribution in [1.82, 2.24) is 4.98 Å². The van der Waals surface area contributed by atoms with Gasteiger partial charge >= 0.3 is 0 Å². The first-order chi connectivity index (χ1) is 15.8. The maximum absolute atomic E-state index is 4.71. The summed E-state index contributed by atoms with van der Waals surface area (Å²) in [6.07, 6.45) is 24.5. The lowest BCUT2D eigenvalue weighted by Crippen LogP contribution is -2.30. The second-order valence-corrected chi connectivity index (χ2v) is 9.03. The van der Waals surface area contributed by atoms with Crippen LogP contribution >= 0.6 is 0 Å². The average molecular weight is 411 g/mol. The fourth-order valence-corrected chi connectivity index (χ4v) is 5.89. The third-order valence-corrected chi connectivity index (χ3v) is 7.42. The molecule has 0 N–H and O–H groups in total. The van der Waals surface area contributed by atoms with Crippen molar-refractivity contribution in [1.29, 1.82) is 0 Å². The molecule has 0 fully saturated rings. The van der Waals surface area contributed by atoms with E-state index in [0.717, 1.165) is 5.52 Å². The number of benzene rings is 1. The topological polar surface area (TPSA) is 25.2 Å². The molecule has 0 radical (unpaired) electrons. The highest BCUT2D eigenvalue weighted by molar-refractivity contribution is 5.99. The summed E-state index contributed by atoms with van der Waals surface area (Å²) in [4.78, 5) is 9.39. The zero-order chi connectivity index (χ0) is 21.2. The van der Waals surface area contributed by atoms with Crippen LogP contribution in [0.1, 0.15) is 18.1 Å². The van der Waals surface area contributed by atoms with Crippen molar-refractivity contribution in [3.8, 4) is 0 Å². The SMILES string of the molecule is CC1=C2C=CC3=CC=C(C4=CC=NCc5c4ccc4cccnc54)C4=CC=C(C=C1)C2C34. The molecule has 2 aromatic rings. The second kappa shape index (κ2) is 6.61. The minimum absolute atomic E-state index is 0.373. The molecule has 0 saturated heterocycles. The number of aliphatic imine (C=N–C) groups is 1. The van der Waals surface area contributed by atoms with E-state index >= 15 is 0 Å². The van der Waals surface area contributed by atoms with Crippen LogP contribution in [-0.4, -0.2) is 11.2 Å². The van der Waals surface area contributed by atoms with E-state index in [1.165, 1.54) is 55.5 Å². The van der Waals surface area contributed by atoms with E-state index in [-0.39, 0.29) is 0 Å². The molecule has 0 bridgehead atoms. The third-order valence-electron chi connectivity index (χ3n) is 7.42. The molecule has 0 amide bonds. The van der Waals surface area contributed by atoms with Crippen LogP contribution in [0, 0.1) is 11.8 Å². The van der Waals surface area contributed by atoms with Gasteiger partial charge in [0.15, 0.2) is 0 Å². The molecule has 152 valence electrons. The Kier molecular flexibility index (Phi) is 3.69. The van der Waals surface area contributed by atoms with Gasteiger partial charge in [0.05, 0.1) is 12.1 Å². The van der Waals surface area contributed by atoms with Gasteiger partial charge in [-0.05, 0) is 63.6 Å². The molecule has 0 spiro atoms. The minimum atomic E-state index is 0.373. The molecule has 2 nitrogen and oxygen atoms in total. The number of fused-ring (bicyclic) bond motifs is 3. The molecular weight excluding hydrogens is 388 g/mol. The Morgan fingerprint density at radius 2 is 1.69 bits per heavy atom. The van der Waals surface area contributed by atoms with Crippen molar-refractivity contribution >= 4 is 22.7 Å². The Morgan fingerprint density at radius 1 is 0.812 bits per heavy atom. The molecule has 5 aliphatic rings. The zero-order valence-electron chi connectivity index (χ0n) is 17.9. The molecular formula is C30H22N2. The average Bonchev–Trinajstić information content (AvgIpc) is 3.06. The van der Waals surface area contributed by atoms with Crippen molar-refractivity contribution in [2.45, 2.75) is 13.5 Å². The normalized spacial score (nSPS) is 24.7. The second-order valence-electron chi connectivity index (χ2n) is 9.03. The van der Waals surface area contributed by atoms with Gasteiger partial charge in [-0.25, -0.2) is 0 Å². The predicted octanol–water partition coefficient (Wildman–Crippen LogP) is 6.62. The van der Waals surface area contributed by atoms with Gasteiger partial charge in [-0.2, -0.15) is 0 Å². The van der Waals surface area contributed by atoms with Gasteiger partial charge in [-0.15, -0.1) is 0 Å². The van der Waals surface area contributed by atoms with Gasteiger partial charge in [-0.1, -0.05) is 66.8 Å². The first-order valence-corrected chi connectivity index (χ1v) is 11.3. The Morgan fingerprint density at radius 3 is 2.66 bits per heavy atom. The van der Waals surface area contributed by atoms with Crippen molar-refractivity contribution in [2.75, 3.05) is 0 Å². The van der Waals surface area contributed by atoms with E-state index in [1.807, 2.05) is 18.5 Å².